The molecule has 0 radical (unpaired) electrons. The summed E-state index contributed by atoms with van der Waals surface area (Å²) in [5.74, 6) is 1.79. The van der Waals surface area contributed by atoms with Gasteiger partial charge in [-0.05, 0) is 45.2 Å². The van der Waals surface area contributed by atoms with Crippen molar-refractivity contribution in [2.45, 2.75) is 30.5 Å². The third-order valence-electron chi connectivity index (χ3n) is 3.11. The van der Waals surface area contributed by atoms with Crippen LogP contribution in [-0.4, -0.2) is 35.7 Å². The van der Waals surface area contributed by atoms with E-state index < -0.39 is 0 Å². The number of aryl methyl sites for hydroxylation is 1. The third-order valence-corrected chi connectivity index (χ3v) is 4.11. The van der Waals surface area contributed by atoms with Gasteiger partial charge in [0, 0.05) is 23.0 Å². The molecule has 0 spiro atoms. The van der Waals surface area contributed by atoms with Gasteiger partial charge >= 0.3 is 0 Å². The first kappa shape index (κ1) is 19.5. The molecule has 0 bridgehead atoms. The molecule has 1 unspecified atom stereocenters. The van der Waals surface area contributed by atoms with Crippen LogP contribution < -0.4 is 10.6 Å². The van der Waals surface area contributed by atoms with Crippen LogP contribution in [0.5, 0.6) is 0 Å². The van der Waals surface area contributed by atoms with Crippen LogP contribution in [0.2, 0.25) is 0 Å². The topological polar surface area (TPSA) is 80.0 Å². The summed E-state index contributed by atoms with van der Waals surface area (Å²) >= 11 is 1.59. The lowest BCUT2D eigenvalue weighted by molar-refractivity contribution is 0.0950. The molecular weight excluding hydrogens is 336 g/mol. The highest BCUT2D eigenvalue weighted by atomic mass is 35.5. The molecule has 0 aliphatic carbocycles. The molecule has 1 heterocycles. The van der Waals surface area contributed by atoms with Gasteiger partial charge in [0.2, 0.25) is 5.89 Å². The SMILES string of the molecule is CNC(C)CNC(=O)c1ccc(SCc2nc(C)no2)cc1.Cl. The lowest BCUT2D eigenvalue weighted by atomic mass is 10.2. The number of nitrogens with zero attached hydrogens (tertiary/aromatic N) is 2. The molecule has 0 saturated carbocycles. The molecule has 0 fully saturated rings. The number of likely N-dealkylation sites (N-methyl/N-ethyl adjacent to an activating group) is 1. The van der Waals surface area contributed by atoms with Gasteiger partial charge < -0.3 is 15.2 Å². The third kappa shape index (κ3) is 6.21. The molecule has 6 nitrogen and oxygen atoms in total. The average Bonchev–Trinajstić information content (AvgIpc) is 2.96. The van der Waals surface area contributed by atoms with Crippen LogP contribution in [0.1, 0.15) is 29.0 Å². The Hall–Kier alpha value is -1.57. The molecule has 1 amide bonds. The summed E-state index contributed by atoms with van der Waals surface area (Å²) in [4.78, 5) is 17.2. The predicted molar refractivity (Wildman–Crippen MR) is 93.1 cm³/mol. The molecule has 23 heavy (non-hydrogen) atoms. The second-order valence-electron chi connectivity index (χ2n) is 4.95. The van der Waals surface area contributed by atoms with E-state index in [1.54, 1.807) is 18.7 Å². The lowest BCUT2D eigenvalue weighted by Crippen LogP contribution is -2.37. The van der Waals surface area contributed by atoms with Crippen molar-refractivity contribution in [1.82, 2.24) is 20.8 Å². The molecule has 0 saturated heterocycles. The summed E-state index contributed by atoms with van der Waals surface area (Å²) in [5.41, 5.74) is 0.654. The number of rotatable bonds is 7. The molecule has 2 rings (SSSR count). The van der Waals surface area contributed by atoms with Crippen molar-refractivity contribution in [2.75, 3.05) is 13.6 Å². The highest BCUT2D eigenvalue weighted by Gasteiger charge is 2.08. The molecule has 0 aliphatic heterocycles. The molecule has 126 valence electrons. The van der Waals surface area contributed by atoms with E-state index in [0.29, 0.717) is 29.6 Å². The van der Waals surface area contributed by atoms with Crippen LogP contribution in [0.4, 0.5) is 0 Å². The van der Waals surface area contributed by atoms with Crippen molar-refractivity contribution in [3.05, 3.63) is 41.5 Å². The second kappa shape index (κ2) is 9.54. The first-order valence-electron chi connectivity index (χ1n) is 7.06. The fraction of sp³-hybridized carbons (Fsp3) is 0.400. The van der Waals surface area contributed by atoms with Crippen molar-refractivity contribution in [2.24, 2.45) is 0 Å². The van der Waals surface area contributed by atoms with Gasteiger partial charge in [-0.3, -0.25) is 4.79 Å². The normalized spacial score (nSPS) is 11.6. The van der Waals surface area contributed by atoms with Crippen molar-refractivity contribution in [1.29, 1.82) is 0 Å². The molecule has 1 aromatic heterocycles. The Labute approximate surface area is 146 Å². The average molecular weight is 357 g/mol. The molecular formula is C15H21ClN4O2S. The van der Waals surface area contributed by atoms with Crippen LogP contribution in [0.15, 0.2) is 33.7 Å². The van der Waals surface area contributed by atoms with Crippen molar-refractivity contribution in [3.63, 3.8) is 0 Å². The molecule has 1 aromatic carbocycles. The highest BCUT2D eigenvalue weighted by molar-refractivity contribution is 7.98. The fourth-order valence-electron chi connectivity index (χ4n) is 1.70. The van der Waals surface area contributed by atoms with Gasteiger partial charge in [0.25, 0.3) is 5.91 Å². The Balaban J connectivity index is 0.00000264. The van der Waals surface area contributed by atoms with Crippen molar-refractivity contribution < 1.29 is 9.32 Å². The Kier molecular flexibility index (Phi) is 8.08. The fourth-order valence-corrected chi connectivity index (χ4v) is 2.43. The summed E-state index contributed by atoms with van der Waals surface area (Å²) in [6, 6.07) is 7.73. The molecule has 2 N–H and O–H groups in total. The van der Waals surface area contributed by atoms with E-state index in [9.17, 15) is 4.79 Å². The highest BCUT2D eigenvalue weighted by Crippen LogP contribution is 2.22. The van der Waals surface area contributed by atoms with Crippen LogP contribution in [0.3, 0.4) is 0 Å². The number of hydrogen-bond donors (Lipinski definition) is 2. The Morgan fingerprint density at radius 1 is 1.35 bits per heavy atom. The largest absolute Gasteiger partial charge is 0.350 e. The Morgan fingerprint density at radius 3 is 2.61 bits per heavy atom. The van der Waals surface area contributed by atoms with Crippen LogP contribution in [0.25, 0.3) is 0 Å². The summed E-state index contributed by atoms with van der Waals surface area (Å²) < 4.78 is 5.06. The van der Waals surface area contributed by atoms with Crippen molar-refractivity contribution >= 4 is 30.1 Å². The molecule has 1 atom stereocenters. The van der Waals surface area contributed by atoms with Gasteiger partial charge in [-0.15, -0.1) is 24.2 Å². The first-order valence-corrected chi connectivity index (χ1v) is 8.04. The van der Waals surface area contributed by atoms with E-state index in [1.807, 2.05) is 38.2 Å². The number of hydrogen-bond acceptors (Lipinski definition) is 6. The summed E-state index contributed by atoms with van der Waals surface area (Å²) in [5, 5.41) is 9.72. The van der Waals surface area contributed by atoms with E-state index >= 15 is 0 Å². The van der Waals surface area contributed by atoms with E-state index in [-0.39, 0.29) is 24.4 Å². The van der Waals surface area contributed by atoms with Gasteiger partial charge in [0.1, 0.15) is 0 Å². The Morgan fingerprint density at radius 2 is 2.04 bits per heavy atom. The molecule has 0 aliphatic rings. The number of carbonyl (C=O) groups is 1. The number of aromatic nitrogens is 2. The minimum atomic E-state index is -0.0637. The number of carbonyl (C=O) groups excluding carboxylic acids is 1. The number of halogens is 1. The summed E-state index contributed by atoms with van der Waals surface area (Å²) in [7, 11) is 1.87. The van der Waals surface area contributed by atoms with Gasteiger partial charge in [-0.1, -0.05) is 5.16 Å². The predicted octanol–water partition coefficient (Wildman–Crippen LogP) is 2.43. The monoisotopic (exact) mass is 356 g/mol. The maximum Gasteiger partial charge on any atom is 0.251 e. The van der Waals surface area contributed by atoms with E-state index in [0.717, 1.165) is 4.90 Å². The van der Waals surface area contributed by atoms with E-state index in [4.69, 9.17) is 4.52 Å². The van der Waals surface area contributed by atoms with Gasteiger partial charge in [-0.25, -0.2) is 0 Å². The zero-order valence-corrected chi connectivity index (χ0v) is 15.0. The van der Waals surface area contributed by atoms with Crippen LogP contribution >= 0.6 is 24.2 Å². The number of amides is 1. The maximum absolute atomic E-state index is 12.0. The quantitative estimate of drug-likeness (QED) is 0.742. The van der Waals surface area contributed by atoms with Crippen molar-refractivity contribution in [3.8, 4) is 0 Å². The summed E-state index contributed by atoms with van der Waals surface area (Å²) in [6.07, 6.45) is 0. The van der Waals surface area contributed by atoms with E-state index in [2.05, 4.69) is 20.8 Å². The molecule has 8 heteroatoms. The number of thioether (sulfide) groups is 1. The minimum absolute atomic E-state index is 0. The zero-order valence-electron chi connectivity index (χ0n) is 13.3. The standard InChI is InChI=1S/C15H20N4O2S.ClH/c1-10(16-3)8-17-15(20)12-4-6-13(7-5-12)22-9-14-18-11(2)19-21-14;/h4-7,10,16H,8-9H2,1-3H3,(H,17,20);1H. The minimum Gasteiger partial charge on any atom is -0.350 e. The number of benzene rings is 1. The van der Waals surface area contributed by atoms with Gasteiger partial charge in [-0.2, -0.15) is 4.98 Å². The first-order chi connectivity index (χ1) is 10.6. The zero-order chi connectivity index (χ0) is 15.9. The maximum atomic E-state index is 12.0. The second-order valence-corrected chi connectivity index (χ2v) is 6.00. The number of nitrogens with one attached hydrogen (secondary N) is 2. The molecule has 2 aromatic rings. The van der Waals surface area contributed by atoms with Gasteiger partial charge in [0.15, 0.2) is 5.82 Å². The Bertz CT molecular complexity index is 618. The lowest BCUT2D eigenvalue weighted by Gasteiger charge is -2.11. The van der Waals surface area contributed by atoms with Crippen LogP contribution in [-0.2, 0) is 5.75 Å². The summed E-state index contributed by atoms with van der Waals surface area (Å²) in [6.45, 7) is 4.40. The van der Waals surface area contributed by atoms with Gasteiger partial charge in [0.05, 0.1) is 5.75 Å². The van der Waals surface area contributed by atoms with Crippen LogP contribution in [0, 0.1) is 6.92 Å². The van der Waals surface area contributed by atoms with E-state index in [1.165, 1.54) is 0 Å². The smallest absolute Gasteiger partial charge is 0.251 e.